The molecule has 1 saturated carbocycles. The largest absolute Gasteiger partial charge is 0.368 e. The molecule has 0 aromatic heterocycles. The zero-order valence-electron chi connectivity index (χ0n) is 10.2. The van der Waals surface area contributed by atoms with E-state index in [9.17, 15) is 4.79 Å². The predicted octanol–water partition coefficient (Wildman–Crippen LogP) is 1.67. The van der Waals surface area contributed by atoms with Gasteiger partial charge in [0.1, 0.15) is 0 Å². The lowest BCUT2D eigenvalue weighted by Crippen LogP contribution is -2.53. The average molecular weight is 212 g/mol. The minimum absolute atomic E-state index is 0.219. The maximum atomic E-state index is 11.4. The Hall–Kier alpha value is -0.570. The Bertz CT molecular complexity index is 216. The smallest absolute Gasteiger partial charge is 0.237 e. The SMILES string of the molecule is CC(C)CCC(C)(NCC1CC1)C(N)=O. The highest BCUT2D eigenvalue weighted by molar-refractivity contribution is 5.84. The Morgan fingerprint density at radius 3 is 2.53 bits per heavy atom. The molecule has 1 rings (SSSR count). The van der Waals surface area contributed by atoms with Crippen molar-refractivity contribution in [3.05, 3.63) is 0 Å². The number of hydrogen-bond donors (Lipinski definition) is 2. The molecule has 0 radical (unpaired) electrons. The third-order valence-corrected chi connectivity index (χ3v) is 3.24. The van der Waals surface area contributed by atoms with Crippen LogP contribution < -0.4 is 11.1 Å². The summed E-state index contributed by atoms with van der Waals surface area (Å²) in [5.74, 6) is 1.18. The molecule has 1 amide bonds. The van der Waals surface area contributed by atoms with Gasteiger partial charge in [-0.1, -0.05) is 13.8 Å². The van der Waals surface area contributed by atoms with Gasteiger partial charge < -0.3 is 11.1 Å². The monoisotopic (exact) mass is 212 g/mol. The standard InChI is InChI=1S/C12H24N2O/c1-9(2)6-7-12(3,11(13)15)14-8-10-4-5-10/h9-10,14H,4-8H2,1-3H3,(H2,13,15). The van der Waals surface area contributed by atoms with Gasteiger partial charge >= 0.3 is 0 Å². The van der Waals surface area contributed by atoms with Crippen molar-refractivity contribution < 1.29 is 4.79 Å². The van der Waals surface area contributed by atoms with Crippen molar-refractivity contribution in [2.24, 2.45) is 17.6 Å². The molecule has 15 heavy (non-hydrogen) atoms. The van der Waals surface area contributed by atoms with Crippen molar-refractivity contribution in [1.82, 2.24) is 5.32 Å². The van der Waals surface area contributed by atoms with E-state index in [4.69, 9.17) is 5.73 Å². The van der Waals surface area contributed by atoms with Crippen molar-refractivity contribution in [2.45, 2.75) is 52.0 Å². The molecule has 1 unspecified atom stereocenters. The first-order chi connectivity index (χ1) is 6.94. The van der Waals surface area contributed by atoms with Crippen molar-refractivity contribution >= 4 is 5.91 Å². The zero-order chi connectivity index (χ0) is 11.5. The van der Waals surface area contributed by atoms with Crippen LogP contribution in [-0.2, 0) is 4.79 Å². The second-order valence-corrected chi connectivity index (χ2v) is 5.45. The van der Waals surface area contributed by atoms with Gasteiger partial charge in [-0.05, 0) is 51.0 Å². The molecular weight excluding hydrogens is 188 g/mol. The van der Waals surface area contributed by atoms with Gasteiger partial charge in [0, 0.05) is 0 Å². The van der Waals surface area contributed by atoms with Crippen LogP contribution in [0.3, 0.4) is 0 Å². The molecule has 0 aromatic rings. The molecule has 0 spiro atoms. The number of nitrogens with one attached hydrogen (secondary N) is 1. The van der Waals surface area contributed by atoms with Crippen LogP contribution in [0.15, 0.2) is 0 Å². The molecule has 0 aliphatic heterocycles. The number of amides is 1. The number of rotatable bonds is 7. The molecule has 88 valence electrons. The predicted molar refractivity (Wildman–Crippen MR) is 62.4 cm³/mol. The van der Waals surface area contributed by atoms with Crippen LogP contribution in [0.4, 0.5) is 0 Å². The van der Waals surface area contributed by atoms with E-state index < -0.39 is 5.54 Å². The lowest BCUT2D eigenvalue weighted by atomic mass is 9.91. The van der Waals surface area contributed by atoms with Crippen molar-refractivity contribution in [1.29, 1.82) is 0 Å². The summed E-state index contributed by atoms with van der Waals surface area (Å²) in [5.41, 5.74) is 4.96. The van der Waals surface area contributed by atoms with E-state index in [1.807, 2.05) is 6.92 Å². The van der Waals surface area contributed by atoms with Crippen LogP contribution in [0.5, 0.6) is 0 Å². The van der Waals surface area contributed by atoms with E-state index in [2.05, 4.69) is 19.2 Å². The van der Waals surface area contributed by atoms with Crippen LogP contribution in [0.2, 0.25) is 0 Å². The van der Waals surface area contributed by atoms with Gasteiger partial charge in [0.15, 0.2) is 0 Å². The number of hydrogen-bond acceptors (Lipinski definition) is 2. The summed E-state index contributed by atoms with van der Waals surface area (Å²) in [6.45, 7) is 7.21. The fourth-order valence-electron chi connectivity index (χ4n) is 1.57. The van der Waals surface area contributed by atoms with Gasteiger partial charge in [0.05, 0.1) is 5.54 Å². The van der Waals surface area contributed by atoms with Crippen molar-refractivity contribution in [3.8, 4) is 0 Å². The first kappa shape index (κ1) is 12.5. The van der Waals surface area contributed by atoms with Crippen LogP contribution in [0.25, 0.3) is 0 Å². The second-order valence-electron chi connectivity index (χ2n) is 5.45. The summed E-state index contributed by atoms with van der Waals surface area (Å²) in [6, 6.07) is 0. The summed E-state index contributed by atoms with van der Waals surface area (Å²) in [6.07, 6.45) is 4.47. The first-order valence-electron chi connectivity index (χ1n) is 5.99. The van der Waals surface area contributed by atoms with Crippen LogP contribution in [-0.4, -0.2) is 18.0 Å². The van der Waals surface area contributed by atoms with Gasteiger partial charge in [-0.2, -0.15) is 0 Å². The van der Waals surface area contributed by atoms with E-state index in [0.717, 1.165) is 25.3 Å². The average Bonchev–Trinajstić information content (AvgIpc) is 2.94. The summed E-state index contributed by atoms with van der Waals surface area (Å²) >= 11 is 0. The lowest BCUT2D eigenvalue weighted by molar-refractivity contribution is -0.124. The van der Waals surface area contributed by atoms with Gasteiger partial charge in [0.25, 0.3) is 0 Å². The van der Waals surface area contributed by atoms with E-state index in [0.29, 0.717) is 5.92 Å². The highest BCUT2D eigenvalue weighted by Gasteiger charge is 2.32. The Morgan fingerprint density at radius 2 is 2.13 bits per heavy atom. The van der Waals surface area contributed by atoms with Crippen LogP contribution in [0, 0.1) is 11.8 Å². The molecule has 1 aliphatic rings. The molecule has 0 aromatic carbocycles. The minimum Gasteiger partial charge on any atom is -0.368 e. The normalized spacial score (nSPS) is 20.3. The summed E-state index contributed by atoms with van der Waals surface area (Å²) < 4.78 is 0. The molecule has 1 aliphatic carbocycles. The maximum absolute atomic E-state index is 11.4. The molecule has 0 heterocycles. The van der Waals surface area contributed by atoms with Gasteiger partial charge in [-0.15, -0.1) is 0 Å². The third kappa shape index (κ3) is 4.20. The zero-order valence-corrected chi connectivity index (χ0v) is 10.2. The molecule has 1 atom stereocenters. The molecular formula is C12H24N2O. The Kier molecular flexibility index (Phi) is 4.14. The first-order valence-corrected chi connectivity index (χ1v) is 5.99. The molecule has 3 N–H and O–H groups in total. The fraction of sp³-hybridized carbons (Fsp3) is 0.917. The minimum atomic E-state index is -0.507. The summed E-state index contributed by atoms with van der Waals surface area (Å²) in [7, 11) is 0. The number of carbonyl (C=O) groups is 1. The quantitative estimate of drug-likeness (QED) is 0.674. The fourth-order valence-corrected chi connectivity index (χ4v) is 1.57. The molecule has 0 bridgehead atoms. The Balaban J connectivity index is 2.39. The highest BCUT2D eigenvalue weighted by atomic mass is 16.1. The van der Waals surface area contributed by atoms with E-state index in [1.54, 1.807) is 0 Å². The molecule has 3 heteroatoms. The van der Waals surface area contributed by atoms with Gasteiger partial charge in [-0.3, -0.25) is 4.79 Å². The highest BCUT2D eigenvalue weighted by Crippen LogP contribution is 2.29. The summed E-state index contributed by atoms with van der Waals surface area (Å²) in [5, 5.41) is 3.34. The number of nitrogens with two attached hydrogens (primary N) is 1. The number of carbonyl (C=O) groups excluding carboxylic acids is 1. The van der Waals surface area contributed by atoms with Crippen LogP contribution in [0.1, 0.15) is 46.5 Å². The van der Waals surface area contributed by atoms with Crippen molar-refractivity contribution in [2.75, 3.05) is 6.54 Å². The molecule has 0 saturated heterocycles. The number of primary amides is 1. The maximum Gasteiger partial charge on any atom is 0.237 e. The lowest BCUT2D eigenvalue weighted by Gasteiger charge is -2.28. The Morgan fingerprint density at radius 1 is 1.53 bits per heavy atom. The van der Waals surface area contributed by atoms with Gasteiger partial charge in [-0.25, -0.2) is 0 Å². The van der Waals surface area contributed by atoms with E-state index in [1.165, 1.54) is 12.8 Å². The van der Waals surface area contributed by atoms with Crippen LogP contribution >= 0.6 is 0 Å². The van der Waals surface area contributed by atoms with E-state index in [-0.39, 0.29) is 5.91 Å². The third-order valence-electron chi connectivity index (χ3n) is 3.24. The second kappa shape index (κ2) is 4.97. The summed E-state index contributed by atoms with van der Waals surface area (Å²) in [4.78, 5) is 11.4. The topological polar surface area (TPSA) is 55.1 Å². The van der Waals surface area contributed by atoms with Gasteiger partial charge in [0.2, 0.25) is 5.91 Å². The molecule has 1 fully saturated rings. The molecule has 3 nitrogen and oxygen atoms in total. The van der Waals surface area contributed by atoms with Crippen molar-refractivity contribution in [3.63, 3.8) is 0 Å². The van der Waals surface area contributed by atoms with E-state index >= 15 is 0 Å². The Labute approximate surface area is 92.8 Å².